The van der Waals surface area contributed by atoms with E-state index >= 15 is 0 Å². The highest BCUT2D eigenvalue weighted by molar-refractivity contribution is 7.00. The van der Waals surface area contributed by atoms with Gasteiger partial charge in [-0.2, -0.15) is 0 Å². The molecule has 4 aliphatic rings. The van der Waals surface area contributed by atoms with Crippen LogP contribution in [0.3, 0.4) is 0 Å². The van der Waals surface area contributed by atoms with E-state index in [0.717, 1.165) is 179 Å². The molecule has 0 radical (unpaired) electrons. The predicted octanol–water partition coefficient (Wildman–Crippen LogP) is 26.1. The molecule has 0 bridgehead atoms. The minimum atomic E-state index is -0.396. The van der Waals surface area contributed by atoms with Crippen LogP contribution < -0.4 is 35.7 Å². The zero-order valence-electron chi connectivity index (χ0n) is 62.7. The van der Waals surface area contributed by atoms with Gasteiger partial charge in [0.2, 0.25) is 0 Å². The Labute approximate surface area is 637 Å². The van der Waals surface area contributed by atoms with E-state index in [1.807, 2.05) is 0 Å². The van der Waals surface area contributed by atoms with Crippen LogP contribution in [-0.2, 0) is 16.2 Å². The van der Waals surface area contributed by atoms with Crippen molar-refractivity contribution < 1.29 is 9.47 Å². The van der Waals surface area contributed by atoms with Gasteiger partial charge in [0.1, 0.15) is 23.0 Å². The van der Waals surface area contributed by atoms with Gasteiger partial charge in [-0.25, -0.2) is 0 Å². The predicted molar refractivity (Wildman–Crippen MR) is 458 cm³/mol. The third-order valence-corrected chi connectivity index (χ3v) is 23.4. The summed E-state index contributed by atoms with van der Waals surface area (Å²) in [5, 5.41) is 4.55. The topological polar surface area (TPSA) is 34.8 Å². The van der Waals surface area contributed by atoms with Crippen LogP contribution >= 0.6 is 0 Å². The van der Waals surface area contributed by atoms with Crippen molar-refractivity contribution in [3.63, 3.8) is 0 Å². The molecule has 0 amide bonds. The molecule has 6 heterocycles. The van der Waals surface area contributed by atoms with Crippen LogP contribution in [0.1, 0.15) is 79.0 Å². The molecule has 0 aliphatic carbocycles. The second-order valence-corrected chi connectivity index (χ2v) is 33.1. The lowest BCUT2D eigenvalue weighted by Gasteiger charge is -2.48. The van der Waals surface area contributed by atoms with Gasteiger partial charge in [0.15, 0.2) is 0 Å². The maximum Gasteiger partial charge on any atom is 0.252 e. The van der Waals surface area contributed by atoms with E-state index in [1.54, 1.807) is 0 Å². The fourth-order valence-corrected chi connectivity index (χ4v) is 18.5. The van der Waals surface area contributed by atoms with Crippen LogP contribution in [0.25, 0.3) is 122 Å². The summed E-state index contributed by atoms with van der Waals surface area (Å²) >= 11 is 0. The van der Waals surface area contributed by atoms with E-state index in [-0.39, 0.29) is 12.1 Å². The van der Waals surface area contributed by atoms with Crippen molar-refractivity contribution in [3.8, 4) is 101 Å². The van der Waals surface area contributed by atoms with E-state index in [2.05, 4.69) is 397 Å². The van der Waals surface area contributed by atoms with Crippen molar-refractivity contribution in [2.24, 2.45) is 0 Å². The summed E-state index contributed by atoms with van der Waals surface area (Å²) in [6.45, 7) is 21.2. The minimum absolute atomic E-state index is 0.370. The molecule has 109 heavy (non-hydrogen) atoms. The molecule has 0 saturated heterocycles. The highest BCUT2D eigenvalue weighted by Gasteiger charge is 2.49. The number of hydrogen-bond acceptors (Lipinski definition) is 4. The normalized spacial score (nSPS) is 13.3. The molecule has 15 aromatic carbocycles. The number of ether oxygens (including phenoxy) is 2. The molecular formula is C102H79BN4O2. The zero-order chi connectivity index (χ0) is 73.5. The standard InChI is InChI=1S/C102H79BN4O2/c1-100(2,3)66-56-89-95-90(57-66)107-97-74(45-31-47-82(97)102(7,8)9)78-59-88-76(70-41-23-27-49-86(70)105(88)68-38-20-13-21-39-68)61-94(78)109-92-51-29-25-43-72(92)80-53-65(63-34-16-11-17-35-63)55-84(99(80)107)103(95)83-54-64(62-32-14-10-15-33-62)52-79-71-42-24-28-50-91(71)108-93-60-75-69-40-22-26-48-85(69)104(67-36-18-12-19-37-67)87(75)58-77(93)73-44-30-46-81(101(4,5)6)96(73)106(89)98(79)83/h10-61H,1-9H3. The summed E-state index contributed by atoms with van der Waals surface area (Å²) in [4.78, 5) is 5.54. The van der Waals surface area contributed by atoms with Crippen molar-refractivity contribution in [2.45, 2.75) is 78.6 Å². The van der Waals surface area contributed by atoms with Gasteiger partial charge in [0.05, 0.1) is 33.4 Å². The lowest BCUT2D eigenvalue weighted by atomic mass is 9.32. The summed E-state index contributed by atoms with van der Waals surface area (Å²) in [5.41, 5.74) is 32.2. The Morgan fingerprint density at radius 1 is 0.257 bits per heavy atom. The van der Waals surface area contributed by atoms with Gasteiger partial charge in [-0.1, -0.05) is 281 Å². The van der Waals surface area contributed by atoms with Crippen LogP contribution in [-0.4, -0.2) is 15.8 Å². The molecule has 7 heteroatoms. The highest BCUT2D eigenvalue weighted by Crippen LogP contribution is 2.61. The largest absolute Gasteiger partial charge is 0.456 e. The third kappa shape index (κ3) is 9.88. The molecule has 0 spiro atoms. The average molecular weight is 1400 g/mol. The second kappa shape index (κ2) is 23.8. The molecule has 17 aromatic rings. The molecule has 4 aliphatic heterocycles. The molecule has 0 saturated carbocycles. The first-order valence-corrected chi connectivity index (χ1v) is 38.3. The van der Waals surface area contributed by atoms with Gasteiger partial charge in [0.25, 0.3) is 6.71 Å². The lowest BCUT2D eigenvalue weighted by Crippen LogP contribution is -2.62. The number of para-hydroxylation sites is 8. The molecular weight excluding hydrogens is 1320 g/mol. The smallest absolute Gasteiger partial charge is 0.252 e. The maximum atomic E-state index is 7.89. The lowest BCUT2D eigenvalue weighted by molar-refractivity contribution is 0.486. The Kier molecular flexibility index (Phi) is 14.1. The first-order valence-electron chi connectivity index (χ1n) is 38.3. The minimum Gasteiger partial charge on any atom is -0.456 e. The summed E-state index contributed by atoms with van der Waals surface area (Å²) in [5.74, 6) is 3.11. The van der Waals surface area contributed by atoms with Crippen LogP contribution in [0.5, 0.6) is 23.0 Å². The van der Waals surface area contributed by atoms with Gasteiger partial charge >= 0.3 is 0 Å². The third-order valence-electron chi connectivity index (χ3n) is 23.4. The van der Waals surface area contributed by atoms with Crippen LogP contribution in [0, 0.1) is 0 Å². The summed E-state index contributed by atoms with van der Waals surface area (Å²) in [6.07, 6.45) is 0. The van der Waals surface area contributed by atoms with Crippen LogP contribution in [0.4, 0.5) is 34.1 Å². The number of hydrogen-bond donors (Lipinski definition) is 0. The Bertz CT molecular complexity index is 6280. The zero-order valence-corrected chi connectivity index (χ0v) is 62.7. The molecule has 0 N–H and O–H groups in total. The Hall–Kier alpha value is -12.8. The molecule has 0 fully saturated rings. The SMILES string of the molecule is CC(C)(C)c1cc2c3c(c1)N1c4c(cc(-c5ccccc5)cc4-c4ccccc4Oc4cc5c6ccccc6n(-c6ccccc6)c5cc4-c4cccc(C(C)(C)C)c41)B3c1cc(-c3ccccc3)cc3c1N2c1c(cccc1C(C)(C)C)-c1cc2c(cc1Oc1ccccc1-3)c1ccccc1n2-c1ccccc1. The Balaban J connectivity index is 0.972. The number of rotatable bonds is 4. The average Bonchev–Trinajstić information content (AvgIpc) is 1.22. The van der Waals surface area contributed by atoms with E-state index in [9.17, 15) is 0 Å². The highest BCUT2D eigenvalue weighted by atomic mass is 16.5. The van der Waals surface area contributed by atoms with Crippen molar-refractivity contribution in [1.29, 1.82) is 0 Å². The second-order valence-electron chi connectivity index (χ2n) is 33.1. The molecule has 0 unspecified atom stereocenters. The van der Waals surface area contributed by atoms with Crippen molar-refractivity contribution >= 4 is 101 Å². The molecule has 0 atom stereocenters. The van der Waals surface area contributed by atoms with E-state index in [1.165, 1.54) is 33.1 Å². The van der Waals surface area contributed by atoms with Gasteiger partial charge in [-0.3, -0.25) is 0 Å². The van der Waals surface area contributed by atoms with E-state index < -0.39 is 10.8 Å². The van der Waals surface area contributed by atoms with Gasteiger partial charge in [-0.15, -0.1) is 0 Å². The first-order chi connectivity index (χ1) is 53.0. The summed E-state index contributed by atoms with van der Waals surface area (Å²) in [6, 6.07) is 118. The Morgan fingerprint density at radius 2 is 0.633 bits per heavy atom. The molecule has 2 aromatic heterocycles. The van der Waals surface area contributed by atoms with Crippen molar-refractivity contribution in [2.75, 3.05) is 9.80 Å². The van der Waals surface area contributed by atoms with E-state index in [4.69, 9.17) is 9.47 Å². The van der Waals surface area contributed by atoms with Crippen LogP contribution in [0.2, 0.25) is 0 Å². The van der Waals surface area contributed by atoms with Gasteiger partial charge < -0.3 is 28.4 Å². The fraction of sp³-hybridized carbons (Fsp3) is 0.118. The number of nitrogens with zero attached hydrogens (tertiary/aromatic N) is 4. The molecule has 21 rings (SSSR count). The fourth-order valence-electron chi connectivity index (χ4n) is 18.5. The monoisotopic (exact) mass is 1400 g/mol. The van der Waals surface area contributed by atoms with Gasteiger partial charge in [-0.05, 0) is 169 Å². The molecule has 6 nitrogen and oxygen atoms in total. The van der Waals surface area contributed by atoms with E-state index in [0.29, 0.717) is 0 Å². The van der Waals surface area contributed by atoms with Crippen molar-refractivity contribution in [1.82, 2.24) is 9.13 Å². The number of aromatic nitrogens is 2. The number of anilines is 6. The van der Waals surface area contributed by atoms with Crippen LogP contribution in [0.15, 0.2) is 315 Å². The quantitative estimate of drug-likeness (QED) is 0.165. The molecule has 522 valence electrons. The Morgan fingerprint density at radius 3 is 1.05 bits per heavy atom. The number of benzene rings is 15. The van der Waals surface area contributed by atoms with Gasteiger partial charge in [0, 0.05) is 100 Å². The van der Waals surface area contributed by atoms with Crippen molar-refractivity contribution in [3.05, 3.63) is 332 Å². The number of fused-ring (bicyclic) bond motifs is 22. The summed E-state index contributed by atoms with van der Waals surface area (Å²) in [7, 11) is 0. The maximum absolute atomic E-state index is 7.89. The first kappa shape index (κ1) is 64.5. The summed E-state index contributed by atoms with van der Waals surface area (Å²) < 4.78 is 20.7.